The number of unbranched alkanes of at least 4 members (excludes halogenated alkanes) is 8. The van der Waals surface area contributed by atoms with E-state index >= 15 is 0 Å². The molecule has 1 aromatic heterocycles. The summed E-state index contributed by atoms with van der Waals surface area (Å²) in [4.78, 5) is 26.2. The smallest absolute Gasteiger partial charge is 0.334 e. The Labute approximate surface area is 172 Å². The lowest BCUT2D eigenvalue weighted by molar-refractivity contribution is -0.380. The first-order valence-electron chi connectivity index (χ1n) is 10.5. The summed E-state index contributed by atoms with van der Waals surface area (Å²) in [7, 11) is 0. The van der Waals surface area contributed by atoms with Crippen molar-refractivity contribution in [1.82, 2.24) is 15.7 Å². The predicted octanol–water partition coefficient (Wildman–Crippen LogP) is 5.77. The quantitative estimate of drug-likeness (QED) is 0.181. The van der Waals surface area contributed by atoms with Gasteiger partial charge in [-0.3, -0.25) is 15.5 Å². The fourth-order valence-electron chi connectivity index (χ4n) is 3.02. The zero-order valence-electron chi connectivity index (χ0n) is 17.2. The summed E-state index contributed by atoms with van der Waals surface area (Å²) in [6.07, 6.45) is 15.3. The number of rotatable bonds is 16. The van der Waals surface area contributed by atoms with Crippen LogP contribution in [0.5, 0.6) is 0 Å². The van der Waals surface area contributed by atoms with Crippen molar-refractivity contribution in [1.29, 1.82) is 0 Å². The minimum Gasteiger partial charge on any atom is -0.334 e. The van der Waals surface area contributed by atoms with Crippen LogP contribution in [-0.4, -0.2) is 22.0 Å². The molecule has 0 fully saturated rings. The predicted molar refractivity (Wildman–Crippen MR) is 115 cm³/mol. The third-order valence-electron chi connectivity index (χ3n) is 4.60. The van der Waals surface area contributed by atoms with Crippen LogP contribution in [0.2, 0.25) is 0 Å². The molecule has 1 unspecified atom stereocenters. The normalized spacial score (nSPS) is 11.8. The van der Waals surface area contributed by atoms with Crippen LogP contribution in [-0.2, 0) is 0 Å². The van der Waals surface area contributed by atoms with Gasteiger partial charge in [-0.2, -0.15) is 0 Å². The number of nitro groups is 1. The number of anilines is 1. The van der Waals surface area contributed by atoms with Gasteiger partial charge in [-0.25, -0.2) is 15.2 Å². The summed E-state index contributed by atoms with van der Waals surface area (Å²) in [5.41, 5.74) is 5.16. The number of thiazole rings is 1. The number of hydrazine groups is 1. The molecular weight excluding hydrogens is 378 g/mol. The van der Waals surface area contributed by atoms with Crippen molar-refractivity contribution in [3.05, 3.63) is 16.3 Å². The van der Waals surface area contributed by atoms with E-state index < -0.39 is 4.92 Å². The molecule has 0 bridgehead atoms. The third-order valence-corrected chi connectivity index (χ3v) is 5.47. The van der Waals surface area contributed by atoms with E-state index in [2.05, 4.69) is 35.0 Å². The van der Waals surface area contributed by atoms with E-state index in [4.69, 9.17) is 0 Å². The average Bonchev–Trinajstić information content (AvgIpc) is 3.15. The second kappa shape index (κ2) is 15.1. The molecule has 160 valence electrons. The summed E-state index contributed by atoms with van der Waals surface area (Å²) < 4.78 is 0. The molecule has 1 heterocycles. The molecule has 28 heavy (non-hydrogen) atoms. The summed E-state index contributed by atoms with van der Waals surface area (Å²) >= 11 is 0.881. The minimum absolute atomic E-state index is 0.0680. The summed E-state index contributed by atoms with van der Waals surface area (Å²) in [5, 5.41) is 13.9. The van der Waals surface area contributed by atoms with Crippen LogP contribution in [0.4, 0.5) is 14.9 Å². The van der Waals surface area contributed by atoms with E-state index in [-0.39, 0.29) is 22.2 Å². The summed E-state index contributed by atoms with van der Waals surface area (Å²) in [6, 6.07) is -0.181. The van der Waals surface area contributed by atoms with Crippen molar-refractivity contribution >= 4 is 27.5 Å². The number of hydrogen-bond acceptors (Lipinski definition) is 6. The van der Waals surface area contributed by atoms with Crippen molar-refractivity contribution in [2.75, 3.05) is 5.43 Å². The van der Waals surface area contributed by atoms with E-state index in [0.29, 0.717) is 0 Å². The highest BCUT2D eigenvalue weighted by atomic mass is 32.1. The van der Waals surface area contributed by atoms with E-state index in [1.807, 2.05) is 0 Å². The van der Waals surface area contributed by atoms with Crippen LogP contribution in [0.15, 0.2) is 6.20 Å². The molecule has 2 amide bonds. The van der Waals surface area contributed by atoms with Crippen LogP contribution in [0, 0.1) is 10.1 Å². The molecular formula is C19H35N5O3S. The van der Waals surface area contributed by atoms with Gasteiger partial charge in [-0.15, -0.1) is 0 Å². The Balaban J connectivity index is 2.36. The fourth-order valence-corrected chi connectivity index (χ4v) is 3.60. The van der Waals surface area contributed by atoms with E-state index in [0.717, 1.165) is 37.0 Å². The average molecular weight is 414 g/mol. The second-order valence-corrected chi connectivity index (χ2v) is 8.10. The lowest BCUT2D eigenvalue weighted by Crippen LogP contribution is -2.44. The SMILES string of the molecule is CCCCCCCCC(CCCCCC)NC(=O)NNc1ncc([N+](=O)[O-])s1. The number of carbonyl (C=O) groups excluding carboxylic acids is 1. The van der Waals surface area contributed by atoms with Gasteiger partial charge in [0.1, 0.15) is 6.20 Å². The van der Waals surface area contributed by atoms with Crippen molar-refractivity contribution in [2.45, 2.75) is 96.9 Å². The molecule has 8 nitrogen and oxygen atoms in total. The highest BCUT2D eigenvalue weighted by molar-refractivity contribution is 7.18. The van der Waals surface area contributed by atoms with Crippen LogP contribution in [0.3, 0.4) is 0 Å². The van der Waals surface area contributed by atoms with E-state index in [1.54, 1.807) is 0 Å². The second-order valence-electron chi connectivity index (χ2n) is 7.09. The Morgan fingerprint density at radius 2 is 1.64 bits per heavy atom. The number of carbonyl (C=O) groups is 1. The number of urea groups is 1. The summed E-state index contributed by atoms with van der Waals surface area (Å²) in [5.74, 6) is 0. The molecule has 1 rings (SSSR count). The Bertz CT molecular complexity index is 568. The lowest BCUT2D eigenvalue weighted by Gasteiger charge is -2.19. The molecule has 0 aromatic carbocycles. The fraction of sp³-hybridized carbons (Fsp3) is 0.789. The Kier molecular flexibility index (Phi) is 13.0. The minimum atomic E-state index is -0.504. The topological polar surface area (TPSA) is 109 Å². The summed E-state index contributed by atoms with van der Waals surface area (Å²) in [6.45, 7) is 4.40. The van der Waals surface area contributed by atoms with Crippen LogP contribution < -0.4 is 16.2 Å². The van der Waals surface area contributed by atoms with Gasteiger partial charge >= 0.3 is 11.0 Å². The maximum Gasteiger partial charge on any atom is 0.345 e. The molecule has 0 aliphatic heterocycles. The first-order chi connectivity index (χ1) is 13.6. The largest absolute Gasteiger partial charge is 0.345 e. The van der Waals surface area contributed by atoms with Gasteiger partial charge in [-0.1, -0.05) is 78.1 Å². The standard InChI is InChI=1S/C19H35N5O3S/c1-3-5-7-9-10-12-14-16(13-11-8-6-4-2)21-18(25)22-23-19-20-15-17(28-19)24(26)27/h15-16H,3-14H2,1-2H3,(H,20,23)(H2,21,22,25). The number of hydrogen-bond donors (Lipinski definition) is 3. The molecule has 0 aliphatic rings. The Hall–Kier alpha value is -1.90. The molecule has 3 N–H and O–H groups in total. The maximum absolute atomic E-state index is 12.2. The zero-order valence-corrected chi connectivity index (χ0v) is 18.0. The van der Waals surface area contributed by atoms with Gasteiger partial charge in [0.15, 0.2) is 0 Å². The van der Waals surface area contributed by atoms with E-state index in [1.165, 1.54) is 57.6 Å². The van der Waals surface area contributed by atoms with Crippen LogP contribution in [0.25, 0.3) is 0 Å². The molecule has 1 atom stereocenters. The molecule has 0 saturated carbocycles. The number of aromatic nitrogens is 1. The molecule has 0 saturated heterocycles. The maximum atomic E-state index is 12.2. The van der Waals surface area contributed by atoms with Crippen molar-refractivity contribution < 1.29 is 9.72 Å². The van der Waals surface area contributed by atoms with Crippen LogP contribution in [0.1, 0.15) is 90.9 Å². The lowest BCUT2D eigenvalue weighted by atomic mass is 10.0. The van der Waals surface area contributed by atoms with Crippen LogP contribution >= 0.6 is 11.3 Å². The molecule has 9 heteroatoms. The molecule has 0 aliphatic carbocycles. The van der Waals surface area contributed by atoms with Gasteiger partial charge < -0.3 is 5.32 Å². The van der Waals surface area contributed by atoms with Gasteiger partial charge in [-0.05, 0) is 24.2 Å². The third kappa shape index (κ3) is 11.1. The van der Waals surface area contributed by atoms with E-state index in [9.17, 15) is 14.9 Å². The van der Waals surface area contributed by atoms with Gasteiger partial charge in [0.2, 0.25) is 5.13 Å². The molecule has 1 aromatic rings. The molecule has 0 radical (unpaired) electrons. The highest BCUT2D eigenvalue weighted by Gasteiger charge is 2.14. The first-order valence-corrected chi connectivity index (χ1v) is 11.3. The first kappa shape index (κ1) is 24.1. The number of nitrogens with one attached hydrogen (secondary N) is 3. The van der Waals surface area contributed by atoms with Crippen molar-refractivity contribution in [3.8, 4) is 0 Å². The van der Waals surface area contributed by atoms with Gasteiger partial charge in [0.25, 0.3) is 0 Å². The number of nitrogens with zero attached hydrogens (tertiary/aromatic N) is 2. The van der Waals surface area contributed by atoms with Gasteiger partial charge in [0.05, 0.1) is 4.92 Å². The van der Waals surface area contributed by atoms with Crippen molar-refractivity contribution in [2.24, 2.45) is 0 Å². The number of amides is 2. The Morgan fingerprint density at radius 3 is 2.21 bits per heavy atom. The monoisotopic (exact) mass is 413 g/mol. The molecule has 0 spiro atoms. The highest BCUT2D eigenvalue weighted by Crippen LogP contribution is 2.24. The van der Waals surface area contributed by atoms with Crippen molar-refractivity contribution in [3.63, 3.8) is 0 Å². The van der Waals surface area contributed by atoms with Gasteiger partial charge in [0, 0.05) is 6.04 Å². The Morgan fingerprint density at radius 1 is 1.07 bits per heavy atom. The zero-order chi connectivity index (χ0) is 20.6.